The van der Waals surface area contributed by atoms with Crippen LogP contribution in [-0.2, 0) is 6.54 Å². The largest absolute Gasteiger partial charge is 0.272 e. The Hall–Kier alpha value is -2.28. The van der Waals surface area contributed by atoms with Gasteiger partial charge in [-0.25, -0.2) is 4.98 Å². The molecule has 1 saturated carbocycles. The summed E-state index contributed by atoms with van der Waals surface area (Å²) in [4.78, 5) is 9.37. The summed E-state index contributed by atoms with van der Waals surface area (Å²) in [5.74, 6) is 0.772. The third-order valence-electron chi connectivity index (χ3n) is 5.60. The lowest BCUT2D eigenvalue weighted by molar-refractivity contribution is 0.429. The Morgan fingerprint density at radius 1 is 1.04 bits per heavy atom. The van der Waals surface area contributed by atoms with E-state index in [0.717, 1.165) is 49.5 Å². The lowest BCUT2D eigenvalue weighted by Crippen LogP contribution is -2.07. The van der Waals surface area contributed by atoms with Gasteiger partial charge in [0, 0.05) is 41.0 Å². The molecule has 28 heavy (non-hydrogen) atoms. The summed E-state index contributed by atoms with van der Waals surface area (Å²) in [6, 6.07) is 14.6. The quantitative estimate of drug-likeness (QED) is 0.268. The van der Waals surface area contributed by atoms with E-state index in [2.05, 4.69) is 80.0 Å². The Balaban J connectivity index is 1.54. The van der Waals surface area contributed by atoms with Gasteiger partial charge in [-0.15, -0.1) is 0 Å². The number of hydrogen-bond acceptors (Lipinski definition) is 3. The van der Waals surface area contributed by atoms with Crippen molar-refractivity contribution >= 4 is 33.5 Å². The molecule has 0 amide bonds. The highest BCUT2D eigenvalue weighted by Gasteiger charge is 2.17. The van der Waals surface area contributed by atoms with Gasteiger partial charge in [-0.05, 0) is 65.6 Å². The Morgan fingerprint density at radius 2 is 1.93 bits per heavy atom. The number of benzene rings is 1. The zero-order chi connectivity index (χ0) is 18.9. The number of nitrogens with zero attached hydrogens (tertiary/aromatic N) is 4. The van der Waals surface area contributed by atoms with Crippen LogP contribution >= 0.6 is 22.6 Å². The lowest BCUT2D eigenvalue weighted by atomic mass is 10.0. The molecule has 4 aromatic rings. The molecule has 0 N–H and O–H groups in total. The van der Waals surface area contributed by atoms with E-state index in [1.54, 1.807) is 0 Å². The molecule has 140 valence electrons. The molecule has 0 spiro atoms. The molecule has 5 heteroatoms. The third kappa shape index (κ3) is 3.55. The first-order valence-corrected chi connectivity index (χ1v) is 10.9. The van der Waals surface area contributed by atoms with Gasteiger partial charge >= 0.3 is 0 Å². The van der Waals surface area contributed by atoms with Gasteiger partial charge in [0.1, 0.15) is 3.70 Å². The van der Waals surface area contributed by atoms with Gasteiger partial charge < -0.3 is 0 Å². The summed E-state index contributed by atoms with van der Waals surface area (Å²) in [6.45, 7) is 1.02. The monoisotopic (exact) mass is 480 g/mol. The number of hydrogen-bond donors (Lipinski definition) is 0. The molecule has 1 aliphatic rings. The molecule has 3 aromatic heterocycles. The van der Waals surface area contributed by atoms with Crippen molar-refractivity contribution in [2.45, 2.75) is 32.2 Å². The maximum Gasteiger partial charge on any atom is 0.102 e. The third-order valence-corrected chi connectivity index (χ3v) is 6.21. The molecule has 0 unspecified atom stereocenters. The summed E-state index contributed by atoms with van der Waals surface area (Å²) < 4.78 is 3.09. The molecule has 5 rings (SSSR count). The minimum Gasteiger partial charge on any atom is -0.272 e. The Bertz CT molecular complexity index is 1130. The normalized spacial score (nSPS) is 14.8. The van der Waals surface area contributed by atoms with Crippen LogP contribution in [0.2, 0.25) is 0 Å². The summed E-state index contributed by atoms with van der Waals surface area (Å²) >= 11 is 2.28. The van der Waals surface area contributed by atoms with Crippen LogP contribution in [0.25, 0.3) is 33.3 Å². The first-order chi connectivity index (χ1) is 13.8. The lowest BCUT2D eigenvalue weighted by Gasteiger charge is -2.10. The van der Waals surface area contributed by atoms with Gasteiger partial charge in [0.25, 0.3) is 0 Å². The SMILES string of the molecule is Ic1ccc(-c2cnn(CC3CCCC3)c2)c(-c2ccc3cccnc3c2)n1. The predicted octanol–water partition coefficient (Wildman–Crippen LogP) is 5.96. The highest BCUT2D eigenvalue weighted by atomic mass is 127. The number of fused-ring (bicyclic) bond motifs is 1. The average molecular weight is 480 g/mol. The minimum absolute atomic E-state index is 0.772. The first kappa shape index (κ1) is 17.8. The molecule has 4 nitrogen and oxygen atoms in total. The van der Waals surface area contributed by atoms with Crippen molar-refractivity contribution < 1.29 is 0 Å². The van der Waals surface area contributed by atoms with Gasteiger partial charge in [-0.2, -0.15) is 5.10 Å². The fraction of sp³-hybridized carbons (Fsp3) is 0.261. The van der Waals surface area contributed by atoms with Gasteiger partial charge in [-0.3, -0.25) is 9.67 Å². The second kappa shape index (κ2) is 7.62. The van der Waals surface area contributed by atoms with Gasteiger partial charge in [0.15, 0.2) is 0 Å². The van der Waals surface area contributed by atoms with Crippen LogP contribution in [0.5, 0.6) is 0 Å². The van der Waals surface area contributed by atoms with Crippen molar-refractivity contribution in [3.8, 4) is 22.4 Å². The van der Waals surface area contributed by atoms with Crippen LogP contribution in [0.3, 0.4) is 0 Å². The summed E-state index contributed by atoms with van der Waals surface area (Å²) in [5.41, 5.74) is 5.30. The molecule has 1 aliphatic carbocycles. The number of halogens is 1. The zero-order valence-corrected chi connectivity index (χ0v) is 17.7. The van der Waals surface area contributed by atoms with E-state index in [-0.39, 0.29) is 0 Å². The smallest absolute Gasteiger partial charge is 0.102 e. The van der Waals surface area contributed by atoms with Crippen molar-refractivity contribution in [3.63, 3.8) is 0 Å². The summed E-state index contributed by atoms with van der Waals surface area (Å²) in [5, 5.41) is 5.78. The molecule has 1 fully saturated rings. The van der Waals surface area contributed by atoms with E-state index in [4.69, 9.17) is 4.98 Å². The molecule has 3 heterocycles. The van der Waals surface area contributed by atoms with E-state index in [1.807, 2.05) is 18.5 Å². The van der Waals surface area contributed by atoms with Crippen molar-refractivity contribution in [1.29, 1.82) is 0 Å². The van der Waals surface area contributed by atoms with E-state index in [0.29, 0.717) is 0 Å². The Morgan fingerprint density at radius 3 is 2.82 bits per heavy atom. The predicted molar refractivity (Wildman–Crippen MR) is 121 cm³/mol. The summed E-state index contributed by atoms with van der Waals surface area (Å²) in [7, 11) is 0. The number of pyridine rings is 2. The summed E-state index contributed by atoms with van der Waals surface area (Å²) in [6.07, 6.45) is 11.4. The van der Waals surface area contributed by atoms with Crippen molar-refractivity contribution in [3.05, 3.63) is 64.8 Å². The second-order valence-corrected chi connectivity index (χ2v) is 8.65. The van der Waals surface area contributed by atoms with E-state index in [1.165, 1.54) is 25.7 Å². The highest BCUT2D eigenvalue weighted by molar-refractivity contribution is 14.1. The van der Waals surface area contributed by atoms with Gasteiger partial charge in [-0.1, -0.05) is 31.0 Å². The Kier molecular flexibility index (Phi) is 4.84. The van der Waals surface area contributed by atoms with Crippen molar-refractivity contribution in [2.75, 3.05) is 0 Å². The van der Waals surface area contributed by atoms with Crippen LogP contribution in [-0.4, -0.2) is 19.7 Å². The van der Waals surface area contributed by atoms with Crippen molar-refractivity contribution in [2.24, 2.45) is 5.92 Å². The first-order valence-electron chi connectivity index (χ1n) is 9.81. The molecule has 0 bridgehead atoms. The molecule has 0 atom stereocenters. The number of aromatic nitrogens is 4. The molecular weight excluding hydrogens is 459 g/mol. The fourth-order valence-corrected chi connectivity index (χ4v) is 4.58. The van der Waals surface area contributed by atoms with Crippen molar-refractivity contribution in [1.82, 2.24) is 19.7 Å². The topological polar surface area (TPSA) is 43.6 Å². The van der Waals surface area contributed by atoms with Crippen LogP contribution in [0.1, 0.15) is 25.7 Å². The van der Waals surface area contributed by atoms with Crippen LogP contribution in [0, 0.1) is 9.62 Å². The molecule has 1 aromatic carbocycles. The zero-order valence-electron chi connectivity index (χ0n) is 15.6. The van der Waals surface area contributed by atoms with Crippen LogP contribution in [0.4, 0.5) is 0 Å². The molecular formula is C23H21IN4. The van der Waals surface area contributed by atoms with Crippen LogP contribution in [0.15, 0.2) is 61.1 Å². The fourth-order valence-electron chi connectivity index (χ4n) is 4.16. The average Bonchev–Trinajstić information content (AvgIpc) is 3.40. The Labute approximate surface area is 178 Å². The van der Waals surface area contributed by atoms with E-state index >= 15 is 0 Å². The highest BCUT2D eigenvalue weighted by Crippen LogP contribution is 2.33. The maximum absolute atomic E-state index is 4.86. The van der Waals surface area contributed by atoms with E-state index < -0.39 is 0 Å². The number of rotatable bonds is 4. The minimum atomic E-state index is 0.772. The molecule has 0 saturated heterocycles. The van der Waals surface area contributed by atoms with Gasteiger partial charge in [0.05, 0.1) is 17.4 Å². The maximum atomic E-state index is 4.86. The van der Waals surface area contributed by atoms with Gasteiger partial charge in [0.2, 0.25) is 0 Å². The standard InChI is InChI=1S/C23H21IN4/c24-22-10-9-20(19-13-26-28(15-19)14-16-4-1-2-5-16)23(27-22)18-8-7-17-6-3-11-25-21(17)12-18/h3,6-13,15-16H,1-2,4-5,14H2. The molecule has 0 radical (unpaired) electrons. The van der Waals surface area contributed by atoms with Crippen LogP contribution < -0.4 is 0 Å². The molecule has 0 aliphatic heterocycles. The van der Waals surface area contributed by atoms with E-state index in [9.17, 15) is 0 Å². The second-order valence-electron chi connectivity index (χ2n) is 7.54.